The summed E-state index contributed by atoms with van der Waals surface area (Å²) in [7, 11) is 0. The van der Waals surface area contributed by atoms with Crippen LogP contribution >= 0.6 is 0 Å². The highest BCUT2D eigenvalue weighted by molar-refractivity contribution is 6.00. The first kappa shape index (κ1) is 8.74. The van der Waals surface area contributed by atoms with Gasteiger partial charge in [0.05, 0.1) is 0 Å². The normalized spacial score (nSPS) is 33.5. The van der Waals surface area contributed by atoms with E-state index in [0.717, 1.165) is 31.3 Å². The Labute approximate surface area is 79.5 Å². The quantitative estimate of drug-likeness (QED) is 0.554. The van der Waals surface area contributed by atoms with Crippen molar-refractivity contribution in [1.82, 2.24) is 0 Å². The number of fused-ring (bicyclic) bond motifs is 1. The fraction of sp³-hybridized carbons (Fsp3) is 0.583. The zero-order chi connectivity index (χ0) is 9.47. The Balaban J connectivity index is 2.51. The monoisotopic (exact) mass is 176 g/mol. The molecular weight excluding hydrogens is 160 g/mol. The van der Waals surface area contributed by atoms with Gasteiger partial charge in [-0.1, -0.05) is 19.1 Å². The summed E-state index contributed by atoms with van der Waals surface area (Å²) in [6, 6.07) is 0. The Morgan fingerprint density at radius 1 is 1.38 bits per heavy atom. The number of rotatable bonds is 0. The molecule has 0 heterocycles. The summed E-state index contributed by atoms with van der Waals surface area (Å²) in [6.45, 7) is 4.31. The van der Waals surface area contributed by atoms with Crippen molar-refractivity contribution in [2.24, 2.45) is 5.41 Å². The van der Waals surface area contributed by atoms with Gasteiger partial charge in [-0.25, -0.2) is 0 Å². The Bertz CT molecular complexity index is 309. The molecule has 1 heteroatoms. The van der Waals surface area contributed by atoms with Gasteiger partial charge in [0.15, 0.2) is 5.78 Å². The summed E-state index contributed by atoms with van der Waals surface area (Å²) < 4.78 is 0. The summed E-state index contributed by atoms with van der Waals surface area (Å²) in [6.07, 6.45) is 8.38. The summed E-state index contributed by atoms with van der Waals surface area (Å²) in [5.41, 5.74) is 2.49. The second kappa shape index (κ2) is 2.83. The summed E-state index contributed by atoms with van der Waals surface area (Å²) in [5, 5.41) is 0. The van der Waals surface area contributed by atoms with Crippen LogP contribution in [-0.2, 0) is 4.79 Å². The number of hydrogen-bond donors (Lipinski definition) is 0. The van der Waals surface area contributed by atoms with Gasteiger partial charge in [-0.3, -0.25) is 4.79 Å². The number of ketones is 1. The van der Waals surface area contributed by atoms with E-state index in [1.54, 1.807) is 0 Å². The minimum Gasteiger partial charge on any atom is -0.295 e. The van der Waals surface area contributed by atoms with Crippen LogP contribution in [0.2, 0.25) is 0 Å². The molecule has 1 nitrogen and oxygen atoms in total. The Morgan fingerprint density at radius 2 is 2.15 bits per heavy atom. The predicted octanol–water partition coefficient (Wildman–Crippen LogP) is 3.02. The maximum Gasteiger partial charge on any atom is 0.159 e. The fourth-order valence-corrected chi connectivity index (χ4v) is 2.67. The lowest BCUT2D eigenvalue weighted by Crippen LogP contribution is -2.15. The topological polar surface area (TPSA) is 17.1 Å². The number of allylic oxidation sites excluding steroid dienone is 4. The third kappa shape index (κ3) is 1.27. The Hall–Kier alpha value is -0.850. The van der Waals surface area contributed by atoms with Crippen LogP contribution in [0.15, 0.2) is 23.3 Å². The van der Waals surface area contributed by atoms with Gasteiger partial charge in [0, 0.05) is 12.0 Å². The lowest BCUT2D eigenvalue weighted by atomic mass is 9.79. The van der Waals surface area contributed by atoms with Crippen molar-refractivity contribution in [3.63, 3.8) is 0 Å². The molecule has 0 spiro atoms. The molecule has 0 amide bonds. The molecule has 2 aliphatic rings. The number of hydrogen-bond acceptors (Lipinski definition) is 1. The number of carbonyl (C=O) groups is 1. The van der Waals surface area contributed by atoms with Crippen molar-refractivity contribution >= 4 is 5.78 Å². The van der Waals surface area contributed by atoms with Crippen molar-refractivity contribution in [3.05, 3.63) is 23.3 Å². The summed E-state index contributed by atoms with van der Waals surface area (Å²) >= 11 is 0. The average molecular weight is 176 g/mol. The first-order valence-corrected chi connectivity index (χ1v) is 5.05. The molecule has 0 aromatic rings. The molecule has 70 valence electrons. The van der Waals surface area contributed by atoms with Crippen molar-refractivity contribution in [1.29, 1.82) is 0 Å². The first-order valence-electron chi connectivity index (χ1n) is 5.05. The molecule has 0 aromatic heterocycles. The zero-order valence-corrected chi connectivity index (χ0v) is 8.39. The van der Waals surface area contributed by atoms with Gasteiger partial charge in [0.25, 0.3) is 0 Å². The summed E-state index contributed by atoms with van der Waals surface area (Å²) in [5.74, 6) is 0.381. The van der Waals surface area contributed by atoms with Gasteiger partial charge in [0.2, 0.25) is 0 Å². The van der Waals surface area contributed by atoms with Gasteiger partial charge in [0.1, 0.15) is 0 Å². The highest BCUT2D eigenvalue weighted by Crippen LogP contribution is 2.46. The smallest absolute Gasteiger partial charge is 0.159 e. The van der Waals surface area contributed by atoms with Gasteiger partial charge in [-0.2, -0.15) is 0 Å². The standard InChI is InChI=1S/C12H16O/c1-9-5-3-4-7-12(2)8-6-10(13)11(9)12/h3,5H,4,6-8H2,1-2H3. The Morgan fingerprint density at radius 3 is 2.92 bits per heavy atom. The molecule has 1 saturated carbocycles. The third-order valence-corrected chi connectivity index (χ3v) is 3.41. The van der Waals surface area contributed by atoms with E-state index in [-0.39, 0.29) is 5.41 Å². The second-order valence-electron chi connectivity index (χ2n) is 4.48. The van der Waals surface area contributed by atoms with E-state index < -0.39 is 0 Å². The molecule has 2 rings (SSSR count). The second-order valence-corrected chi connectivity index (χ2v) is 4.48. The predicted molar refractivity (Wildman–Crippen MR) is 53.4 cm³/mol. The van der Waals surface area contributed by atoms with E-state index in [1.165, 1.54) is 5.57 Å². The van der Waals surface area contributed by atoms with Crippen LogP contribution in [0, 0.1) is 5.41 Å². The van der Waals surface area contributed by atoms with Gasteiger partial charge in [-0.05, 0) is 37.2 Å². The molecule has 0 bridgehead atoms. The van der Waals surface area contributed by atoms with Gasteiger partial charge >= 0.3 is 0 Å². The lowest BCUT2D eigenvalue weighted by molar-refractivity contribution is -0.114. The number of carbonyl (C=O) groups excluding carboxylic acids is 1. The van der Waals surface area contributed by atoms with E-state index >= 15 is 0 Å². The van der Waals surface area contributed by atoms with E-state index in [2.05, 4.69) is 26.0 Å². The van der Waals surface area contributed by atoms with Crippen molar-refractivity contribution < 1.29 is 4.79 Å². The minimum absolute atomic E-state index is 0.185. The third-order valence-electron chi connectivity index (χ3n) is 3.41. The molecule has 1 fully saturated rings. The van der Waals surface area contributed by atoms with Gasteiger partial charge < -0.3 is 0 Å². The van der Waals surface area contributed by atoms with Crippen LogP contribution in [0.5, 0.6) is 0 Å². The zero-order valence-electron chi connectivity index (χ0n) is 8.39. The highest BCUT2D eigenvalue weighted by Gasteiger charge is 2.40. The minimum atomic E-state index is 0.185. The van der Waals surface area contributed by atoms with Crippen LogP contribution in [0.3, 0.4) is 0 Å². The molecule has 1 unspecified atom stereocenters. The Kier molecular flexibility index (Phi) is 1.90. The maximum atomic E-state index is 11.7. The first-order chi connectivity index (χ1) is 6.13. The van der Waals surface area contributed by atoms with Crippen LogP contribution in [0.4, 0.5) is 0 Å². The van der Waals surface area contributed by atoms with Crippen LogP contribution < -0.4 is 0 Å². The fourth-order valence-electron chi connectivity index (χ4n) is 2.67. The van der Waals surface area contributed by atoms with Crippen molar-refractivity contribution in [2.45, 2.75) is 39.5 Å². The van der Waals surface area contributed by atoms with E-state index in [0.29, 0.717) is 5.78 Å². The lowest BCUT2D eigenvalue weighted by Gasteiger charge is -2.24. The summed E-state index contributed by atoms with van der Waals surface area (Å²) in [4.78, 5) is 11.7. The number of Topliss-reactive ketones (excluding diaryl/α,β-unsaturated/α-hetero) is 1. The molecule has 0 aromatic carbocycles. The van der Waals surface area contributed by atoms with Crippen LogP contribution in [0.1, 0.15) is 39.5 Å². The van der Waals surface area contributed by atoms with E-state index in [9.17, 15) is 4.79 Å². The van der Waals surface area contributed by atoms with Crippen LogP contribution in [-0.4, -0.2) is 5.78 Å². The molecule has 0 aliphatic heterocycles. The highest BCUT2D eigenvalue weighted by atomic mass is 16.1. The molecule has 2 aliphatic carbocycles. The molecule has 0 radical (unpaired) electrons. The van der Waals surface area contributed by atoms with Crippen LogP contribution in [0.25, 0.3) is 0 Å². The van der Waals surface area contributed by atoms with E-state index in [1.807, 2.05) is 0 Å². The van der Waals surface area contributed by atoms with Gasteiger partial charge in [-0.15, -0.1) is 0 Å². The molecule has 0 saturated heterocycles. The molecular formula is C12H16O. The largest absolute Gasteiger partial charge is 0.295 e. The van der Waals surface area contributed by atoms with Crippen molar-refractivity contribution in [3.8, 4) is 0 Å². The van der Waals surface area contributed by atoms with E-state index in [4.69, 9.17) is 0 Å². The SMILES string of the molecule is CC1=C2C(=O)CCC2(C)CCC=C1. The molecule has 1 atom stereocenters. The molecule has 13 heavy (non-hydrogen) atoms. The average Bonchev–Trinajstić information content (AvgIpc) is 2.27. The maximum absolute atomic E-state index is 11.7. The molecule has 0 N–H and O–H groups in total. The van der Waals surface area contributed by atoms with Crippen molar-refractivity contribution in [2.75, 3.05) is 0 Å².